The van der Waals surface area contributed by atoms with E-state index in [4.69, 9.17) is 4.42 Å². The Labute approximate surface area is 135 Å². The van der Waals surface area contributed by atoms with Crippen molar-refractivity contribution < 1.29 is 8.81 Å². The summed E-state index contributed by atoms with van der Waals surface area (Å²) in [6, 6.07) is 16.7. The zero-order valence-electron chi connectivity index (χ0n) is 13.3. The quantitative estimate of drug-likeness (QED) is 0.698. The normalized spacial score (nSPS) is 11.1. The Morgan fingerprint density at radius 3 is 2.43 bits per heavy atom. The van der Waals surface area contributed by atoms with E-state index in [9.17, 15) is 4.39 Å². The summed E-state index contributed by atoms with van der Waals surface area (Å²) in [6.07, 6.45) is 0. The van der Waals surface area contributed by atoms with E-state index in [1.54, 1.807) is 12.1 Å². The maximum atomic E-state index is 13.7. The van der Waals surface area contributed by atoms with Gasteiger partial charge in [-0.2, -0.15) is 0 Å². The second-order valence-electron chi connectivity index (χ2n) is 5.65. The lowest BCUT2D eigenvalue weighted by atomic mass is 10.2. The van der Waals surface area contributed by atoms with E-state index in [2.05, 4.69) is 4.98 Å². The van der Waals surface area contributed by atoms with Crippen LogP contribution in [-0.4, -0.2) is 16.9 Å². The van der Waals surface area contributed by atoms with Gasteiger partial charge in [-0.05, 0) is 32.2 Å². The Morgan fingerprint density at radius 2 is 1.70 bits per heavy atom. The molecule has 0 N–H and O–H groups in total. The molecule has 1 aromatic heterocycles. The van der Waals surface area contributed by atoms with E-state index >= 15 is 0 Å². The zero-order chi connectivity index (χ0) is 16.2. The van der Waals surface area contributed by atoms with Gasteiger partial charge in [-0.15, -0.1) is 0 Å². The molecule has 1 heterocycles. The number of nitrogens with zero attached hydrogens (tertiary/aromatic N) is 2. The molecular formula is C19H19FN2O. The fourth-order valence-corrected chi connectivity index (χ4v) is 2.51. The monoisotopic (exact) mass is 310 g/mol. The maximum Gasteiger partial charge on any atom is 0.226 e. The van der Waals surface area contributed by atoms with Crippen LogP contribution in [0.5, 0.6) is 0 Å². The van der Waals surface area contributed by atoms with Gasteiger partial charge in [-0.25, -0.2) is 9.37 Å². The van der Waals surface area contributed by atoms with Crippen molar-refractivity contribution in [2.24, 2.45) is 0 Å². The van der Waals surface area contributed by atoms with Gasteiger partial charge in [0.25, 0.3) is 0 Å². The van der Waals surface area contributed by atoms with Crippen molar-refractivity contribution in [3.63, 3.8) is 0 Å². The van der Waals surface area contributed by atoms with Gasteiger partial charge < -0.3 is 4.42 Å². The Balaban J connectivity index is 1.73. The summed E-state index contributed by atoms with van der Waals surface area (Å²) < 4.78 is 19.5. The summed E-state index contributed by atoms with van der Waals surface area (Å²) in [6.45, 7) is 3.04. The molecule has 0 aliphatic heterocycles. The number of rotatable bonds is 5. The Hall–Kier alpha value is -2.46. The van der Waals surface area contributed by atoms with Gasteiger partial charge in [0.2, 0.25) is 5.89 Å². The lowest BCUT2D eigenvalue weighted by Gasteiger charge is -2.15. The van der Waals surface area contributed by atoms with Gasteiger partial charge in [0.15, 0.2) is 0 Å². The molecule has 0 bridgehead atoms. The fourth-order valence-electron chi connectivity index (χ4n) is 2.51. The van der Waals surface area contributed by atoms with Crippen LogP contribution in [0.4, 0.5) is 4.39 Å². The van der Waals surface area contributed by atoms with Crippen molar-refractivity contribution >= 4 is 0 Å². The molecule has 0 saturated carbocycles. The van der Waals surface area contributed by atoms with Gasteiger partial charge in [-0.1, -0.05) is 36.4 Å². The molecule has 0 aliphatic rings. The lowest BCUT2D eigenvalue weighted by molar-refractivity contribution is 0.308. The van der Waals surface area contributed by atoms with E-state index in [1.165, 1.54) is 6.07 Å². The summed E-state index contributed by atoms with van der Waals surface area (Å²) in [5.41, 5.74) is 2.51. The first-order valence-electron chi connectivity index (χ1n) is 7.57. The van der Waals surface area contributed by atoms with Gasteiger partial charge in [-0.3, -0.25) is 4.90 Å². The molecule has 2 aromatic carbocycles. The van der Waals surface area contributed by atoms with Gasteiger partial charge in [0, 0.05) is 24.2 Å². The summed E-state index contributed by atoms with van der Waals surface area (Å²) in [5.74, 6) is 1.24. The number of benzene rings is 2. The minimum Gasteiger partial charge on any atom is -0.441 e. The summed E-state index contributed by atoms with van der Waals surface area (Å²) in [4.78, 5) is 6.61. The van der Waals surface area contributed by atoms with Crippen LogP contribution < -0.4 is 0 Å². The number of oxazole rings is 1. The molecule has 0 aliphatic carbocycles. The first kappa shape index (κ1) is 15.4. The number of aryl methyl sites for hydroxylation is 1. The molecule has 3 aromatic rings. The highest BCUT2D eigenvalue weighted by molar-refractivity contribution is 5.53. The van der Waals surface area contributed by atoms with Crippen LogP contribution >= 0.6 is 0 Å². The largest absolute Gasteiger partial charge is 0.441 e. The van der Waals surface area contributed by atoms with Gasteiger partial charge in [0.05, 0.1) is 5.69 Å². The van der Waals surface area contributed by atoms with Crippen LogP contribution in [0.2, 0.25) is 0 Å². The number of halogens is 1. The van der Waals surface area contributed by atoms with E-state index in [-0.39, 0.29) is 5.82 Å². The number of hydrogen-bond donors (Lipinski definition) is 0. The van der Waals surface area contributed by atoms with Crippen LogP contribution in [0.3, 0.4) is 0 Å². The van der Waals surface area contributed by atoms with E-state index in [0.29, 0.717) is 24.5 Å². The summed E-state index contributed by atoms with van der Waals surface area (Å²) >= 11 is 0. The lowest BCUT2D eigenvalue weighted by Crippen LogP contribution is -2.18. The van der Waals surface area contributed by atoms with Crippen molar-refractivity contribution in [1.82, 2.24) is 9.88 Å². The van der Waals surface area contributed by atoms with Crippen molar-refractivity contribution in [2.75, 3.05) is 7.05 Å². The van der Waals surface area contributed by atoms with Crippen LogP contribution in [0.15, 0.2) is 59.0 Å². The second kappa shape index (κ2) is 6.75. The maximum absolute atomic E-state index is 13.7. The van der Waals surface area contributed by atoms with Crippen molar-refractivity contribution in [3.8, 4) is 11.5 Å². The van der Waals surface area contributed by atoms with E-state index in [1.807, 2.05) is 55.3 Å². The zero-order valence-corrected chi connectivity index (χ0v) is 13.3. The van der Waals surface area contributed by atoms with Crippen molar-refractivity contribution in [1.29, 1.82) is 0 Å². The predicted octanol–water partition coefficient (Wildman–Crippen LogP) is 4.42. The molecule has 0 spiro atoms. The highest BCUT2D eigenvalue weighted by Crippen LogP contribution is 2.22. The highest BCUT2D eigenvalue weighted by Gasteiger charge is 2.14. The molecule has 23 heavy (non-hydrogen) atoms. The number of hydrogen-bond acceptors (Lipinski definition) is 3. The third-order valence-electron chi connectivity index (χ3n) is 3.73. The third kappa shape index (κ3) is 3.66. The molecule has 3 rings (SSSR count). The Kier molecular flexibility index (Phi) is 4.53. The minimum atomic E-state index is -0.179. The van der Waals surface area contributed by atoms with Crippen LogP contribution in [0.25, 0.3) is 11.5 Å². The first-order valence-corrected chi connectivity index (χ1v) is 7.57. The Bertz CT molecular complexity index is 783. The summed E-state index contributed by atoms with van der Waals surface area (Å²) in [5, 5.41) is 0. The molecule has 0 saturated heterocycles. The van der Waals surface area contributed by atoms with Crippen LogP contribution in [0.1, 0.15) is 17.0 Å². The van der Waals surface area contributed by atoms with Crippen molar-refractivity contribution in [3.05, 3.63) is 77.4 Å². The molecule has 0 fully saturated rings. The average molecular weight is 310 g/mol. The van der Waals surface area contributed by atoms with Gasteiger partial charge >= 0.3 is 0 Å². The second-order valence-corrected chi connectivity index (χ2v) is 5.65. The standard InChI is InChI=1S/C19H19FN2O/c1-14-18(21-19(23-14)15-8-4-3-5-9-15)13-22(2)12-16-10-6-7-11-17(16)20/h3-11H,12-13H2,1-2H3. The van der Waals surface area contributed by atoms with Crippen LogP contribution in [0, 0.1) is 12.7 Å². The molecule has 3 nitrogen and oxygen atoms in total. The predicted molar refractivity (Wildman–Crippen MR) is 88.2 cm³/mol. The summed E-state index contributed by atoms with van der Waals surface area (Å²) in [7, 11) is 1.95. The molecule has 0 unspecified atom stereocenters. The molecule has 118 valence electrons. The number of aromatic nitrogens is 1. The smallest absolute Gasteiger partial charge is 0.226 e. The first-order chi connectivity index (χ1) is 11.1. The highest BCUT2D eigenvalue weighted by atomic mass is 19.1. The molecular weight excluding hydrogens is 291 g/mol. The fraction of sp³-hybridized carbons (Fsp3) is 0.211. The van der Waals surface area contributed by atoms with Crippen molar-refractivity contribution in [2.45, 2.75) is 20.0 Å². The molecule has 0 radical (unpaired) electrons. The van der Waals surface area contributed by atoms with E-state index < -0.39 is 0 Å². The third-order valence-corrected chi connectivity index (χ3v) is 3.73. The topological polar surface area (TPSA) is 29.3 Å². The Morgan fingerprint density at radius 1 is 1.00 bits per heavy atom. The molecule has 4 heteroatoms. The SMILES string of the molecule is Cc1oc(-c2ccccc2)nc1CN(C)Cc1ccccc1F. The molecule has 0 atom stereocenters. The van der Waals surface area contributed by atoms with E-state index in [0.717, 1.165) is 17.0 Å². The average Bonchev–Trinajstić information content (AvgIpc) is 2.91. The minimum absolute atomic E-state index is 0.179. The van der Waals surface area contributed by atoms with Crippen LogP contribution in [-0.2, 0) is 13.1 Å². The van der Waals surface area contributed by atoms with Gasteiger partial charge in [0.1, 0.15) is 11.6 Å². The molecule has 0 amide bonds.